The summed E-state index contributed by atoms with van der Waals surface area (Å²) < 4.78 is 7.30. The van der Waals surface area contributed by atoms with Crippen molar-refractivity contribution >= 4 is 5.91 Å². The van der Waals surface area contributed by atoms with Crippen LogP contribution in [0.4, 0.5) is 0 Å². The molecule has 1 aromatic rings. The average Bonchev–Trinajstić information content (AvgIpc) is 2.94. The molecule has 1 aromatic heterocycles. The van der Waals surface area contributed by atoms with Crippen molar-refractivity contribution in [3.05, 3.63) is 17.5 Å². The molecule has 5 nitrogen and oxygen atoms in total. The maximum absolute atomic E-state index is 11.7. The van der Waals surface area contributed by atoms with E-state index in [2.05, 4.69) is 16.5 Å². The molecule has 0 spiro atoms. The molecule has 100 valence electrons. The maximum Gasteiger partial charge on any atom is 0.249 e. The Labute approximate surface area is 108 Å². The van der Waals surface area contributed by atoms with Crippen molar-refractivity contribution in [2.45, 2.75) is 45.8 Å². The molecule has 0 aromatic carbocycles. The number of carbonyl (C=O) groups is 1. The molecule has 2 rings (SSSR count). The van der Waals surface area contributed by atoms with Crippen LogP contribution in [0, 0.1) is 13.8 Å². The Bertz CT molecular complexity index is 408. The standard InChI is InChI=1S/C13H21N3O2/c1-10-9-11(2)16(15-10)7-4-6-14-13(17)12-5-3-8-18-12/h9,12H,3-8H2,1-2H3,(H,14,17)/t12-/m1/s1. The summed E-state index contributed by atoms with van der Waals surface area (Å²) in [6, 6.07) is 2.06. The van der Waals surface area contributed by atoms with E-state index in [-0.39, 0.29) is 12.0 Å². The topological polar surface area (TPSA) is 56.2 Å². The number of hydrogen-bond acceptors (Lipinski definition) is 3. The maximum atomic E-state index is 11.7. The lowest BCUT2D eigenvalue weighted by atomic mass is 10.2. The highest BCUT2D eigenvalue weighted by Crippen LogP contribution is 2.11. The van der Waals surface area contributed by atoms with Gasteiger partial charge in [-0.1, -0.05) is 0 Å². The second kappa shape index (κ2) is 6.00. The second-order valence-corrected chi connectivity index (χ2v) is 4.80. The Hall–Kier alpha value is -1.36. The van der Waals surface area contributed by atoms with Gasteiger partial charge in [0.2, 0.25) is 5.91 Å². The third-order valence-electron chi connectivity index (χ3n) is 3.17. The molecule has 1 aliphatic heterocycles. The van der Waals surface area contributed by atoms with E-state index in [1.54, 1.807) is 0 Å². The average molecular weight is 251 g/mol. The van der Waals surface area contributed by atoms with Gasteiger partial charge in [0, 0.05) is 25.4 Å². The van der Waals surface area contributed by atoms with Gasteiger partial charge in [-0.05, 0) is 39.2 Å². The number of amides is 1. The summed E-state index contributed by atoms with van der Waals surface area (Å²) in [4.78, 5) is 11.7. The van der Waals surface area contributed by atoms with Gasteiger partial charge in [0.25, 0.3) is 0 Å². The minimum absolute atomic E-state index is 0.0286. The first-order chi connectivity index (χ1) is 8.66. The summed E-state index contributed by atoms with van der Waals surface area (Å²) in [5.74, 6) is 0.0286. The molecule has 0 radical (unpaired) electrons. The van der Waals surface area contributed by atoms with Gasteiger partial charge in [0.05, 0.1) is 5.69 Å². The monoisotopic (exact) mass is 251 g/mol. The van der Waals surface area contributed by atoms with Crippen LogP contribution in [0.1, 0.15) is 30.7 Å². The van der Waals surface area contributed by atoms with E-state index >= 15 is 0 Å². The van der Waals surface area contributed by atoms with Crippen LogP contribution in [0.2, 0.25) is 0 Å². The first kappa shape index (κ1) is 13.1. The Kier molecular flexibility index (Phi) is 4.36. The summed E-state index contributed by atoms with van der Waals surface area (Å²) in [7, 11) is 0. The summed E-state index contributed by atoms with van der Waals surface area (Å²) in [5.41, 5.74) is 2.20. The minimum Gasteiger partial charge on any atom is -0.368 e. The second-order valence-electron chi connectivity index (χ2n) is 4.80. The van der Waals surface area contributed by atoms with Crippen molar-refractivity contribution in [1.29, 1.82) is 0 Å². The molecule has 1 N–H and O–H groups in total. The van der Waals surface area contributed by atoms with E-state index in [1.165, 1.54) is 0 Å². The Balaban J connectivity index is 1.66. The summed E-state index contributed by atoms with van der Waals surface area (Å²) >= 11 is 0. The van der Waals surface area contributed by atoms with Gasteiger partial charge in [-0.2, -0.15) is 5.10 Å². The molecule has 1 saturated heterocycles. The van der Waals surface area contributed by atoms with Crippen molar-refractivity contribution in [1.82, 2.24) is 15.1 Å². The van der Waals surface area contributed by atoms with Crippen LogP contribution in [0.15, 0.2) is 6.07 Å². The van der Waals surface area contributed by atoms with E-state index in [0.29, 0.717) is 13.2 Å². The van der Waals surface area contributed by atoms with Crippen molar-refractivity contribution in [2.24, 2.45) is 0 Å². The lowest BCUT2D eigenvalue weighted by Crippen LogP contribution is -2.35. The Morgan fingerprint density at radius 3 is 3.06 bits per heavy atom. The van der Waals surface area contributed by atoms with Gasteiger partial charge < -0.3 is 10.1 Å². The predicted molar refractivity (Wildman–Crippen MR) is 68.3 cm³/mol. The quantitative estimate of drug-likeness (QED) is 0.800. The van der Waals surface area contributed by atoms with Crippen molar-refractivity contribution in [2.75, 3.05) is 13.2 Å². The predicted octanol–water partition coefficient (Wildman–Crippen LogP) is 1.19. The van der Waals surface area contributed by atoms with Crippen LogP contribution >= 0.6 is 0 Å². The zero-order valence-corrected chi connectivity index (χ0v) is 11.1. The van der Waals surface area contributed by atoms with E-state index in [9.17, 15) is 4.79 Å². The molecular formula is C13H21N3O2. The summed E-state index contributed by atoms with van der Waals surface area (Å²) in [6.07, 6.45) is 2.51. The number of ether oxygens (including phenoxy) is 1. The SMILES string of the molecule is Cc1cc(C)n(CCCNC(=O)[C@H]2CCCO2)n1. The fourth-order valence-corrected chi connectivity index (χ4v) is 2.24. The highest BCUT2D eigenvalue weighted by atomic mass is 16.5. The number of carbonyl (C=O) groups excluding carboxylic acids is 1. The molecular weight excluding hydrogens is 230 g/mol. The van der Waals surface area contributed by atoms with Gasteiger partial charge in [0.15, 0.2) is 0 Å². The molecule has 0 bridgehead atoms. The van der Waals surface area contributed by atoms with Gasteiger partial charge in [-0.25, -0.2) is 0 Å². The van der Waals surface area contributed by atoms with Crippen LogP contribution in [-0.4, -0.2) is 34.9 Å². The molecule has 0 unspecified atom stereocenters. The van der Waals surface area contributed by atoms with Crippen LogP contribution in [0.5, 0.6) is 0 Å². The fourth-order valence-electron chi connectivity index (χ4n) is 2.24. The molecule has 1 amide bonds. The number of rotatable bonds is 5. The van der Waals surface area contributed by atoms with Crippen LogP contribution < -0.4 is 5.32 Å². The van der Waals surface area contributed by atoms with Crippen LogP contribution in [0.3, 0.4) is 0 Å². The van der Waals surface area contributed by atoms with E-state index in [4.69, 9.17) is 4.74 Å². The fraction of sp³-hybridized carbons (Fsp3) is 0.692. The van der Waals surface area contributed by atoms with E-state index in [1.807, 2.05) is 18.5 Å². The largest absolute Gasteiger partial charge is 0.368 e. The zero-order valence-electron chi connectivity index (χ0n) is 11.1. The normalized spacial score (nSPS) is 19.1. The van der Waals surface area contributed by atoms with Crippen LogP contribution in [-0.2, 0) is 16.1 Å². The van der Waals surface area contributed by atoms with Gasteiger partial charge >= 0.3 is 0 Å². The Morgan fingerprint density at radius 1 is 1.61 bits per heavy atom. The van der Waals surface area contributed by atoms with Crippen molar-refractivity contribution in [3.8, 4) is 0 Å². The first-order valence-electron chi connectivity index (χ1n) is 6.57. The highest BCUT2D eigenvalue weighted by Gasteiger charge is 2.22. The lowest BCUT2D eigenvalue weighted by Gasteiger charge is -2.10. The molecule has 2 heterocycles. The number of aryl methyl sites for hydroxylation is 3. The zero-order chi connectivity index (χ0) is 13.0. The molecule has 0 aliphatic carbocycles. The van der Waals surface area contributed by atoms with E-state index in [0.717, 1.165) is 37.2 Å². The number of nitrogens with zero attached hydrogens (tertiary/aromatic N) is 2. The van der Waals surface area contributed by atoms with Crippen molar-refractivity contribution in [3.63, 3.8) is 0 Å². The molecule has 1 fully saturated rings. The van der Waals surface area contributed by atoms with E-state index < -0.39 is 0 Å². The molecule has 0 saturated carbocycles. The molecule has 1 atom stereocenters. The Morgan fingerprint density at radius 2 is 2.44 bits per heavy atom. The minimum atomic E-state index is -0.223. The van der Waals surface area contributed by atoms with Gasteiger partial charge in [-0.3, -0.25) is 9.48 Å². The number of hydrogen-bond donors (Lipinski definition) is 1. The molecule has 1 aliphatic rings. The summed E-state index contributed by atoms with van der Waals surface area (Å²) in [5, 5.41) is 7.30. The molecule has 18 heavy (non-hydrogen) atoms. The smallest absolute Gasteiger partial charge is 0.249 e. The summed E-state index contributed by atoms with van der Waals surface area (Å²) in [6.45, 7) is 6.26. The van der Waals surface area contributed by atoms with Gasteiger partial charge in [0.1, 0.15) is 6.10 Å². The number of nitrogens with one attached hydrogen (secondary N) is 1. The van der Waals surface area contributed by atoms with Crippen molar-refractivity contribution < 1.29 is 9.53 Å². The van der Waals surface area contributed by atoms with Gasteiger partial charge in [-0.15, -0.1) is 0 Å². The lowest BCUT2D eigenvalue weighted by molar-refractivity contribution is -0.130. The molecule has 5 heteroatoms. The highest BCUT2D eigenvalue weighted by molar-refractivity contribution is 5.80. The third kappa shape index (κ3) is 3.32. The third-order valence-corrected chi connectivity index (χ3v) is 3.17. The first-order valence-corrected chi connectivity index (χ1v) is 6.57. The number of aromatic nitrogens is 2. The van der Waals surface area contributed by atoms with Crippen LogP contribution in [0.25, 0.3) is 0 Å².